The standard InChI is InChI=1S/C36H35Cl2N5O5/c37-30-10-4-25(19-31(30)38)35(44)40-27-5-12-34(39-20-27)48-29-8-6-28(7-9-29)43-13-1-2-26(22-43)36(45)42-16-14-41(15-17-42)21-24-3-11-32-33(18-24)47-23-46-32/h3-12,18-20,26H,1-2,13-17,21-23H2,(H,40,44). The third-order valence-corrected chi connectivity index (χ3v) is 9.64. The van der Waals surface area contributed by atoms with Gasteiger partial charge in [-0.3, -0.25) is 14.5 Å². The maximum absolute atomic E-state index is 13.6. The number of piperazine rings is 1. The Morgan fingerprint density at radius 2 is 1.69 bits per heavy atom. The summed E-state index contributed by atoms with van der Waals surface area (Å²) in [4.78, 5) is 37.1. The molecule has 1 aromatic heterocycles. The summed E-state index contributed by atoms with van der Waals surface area (Å²) in [5.74, 6) is 2.56. The first-order valence-corrected chi connectivity index (χ1v) is 16.8. The quantitative estimate of drug-likeness (QED) is 0.218. The van der Waals surface area contributed by atoms with E-state index in [1.54, 1.807) is 24.3 Å². The maximum atomic E-state index is 13.6. The number of amides is 2. The van der Waals surface area contributed by atoms with Gasteiger partial charge in [0.15, 0.2) is 11.5 Å². The van der Waals surface area contributed by atoms with Crippen molar-refractivity contribution in [2.24, 2.45) is 5.92 Å². The van der Waals surface area contributed by atoms with E-state index in [2.05, 4.69) is 26.2 Å². The molecule has 1 atom stereocenters. The molecule has 3 aromatic carbocycles. The topological polar surface area (TPSA) is 96.5 Å². The van der Waals surface area contributed by atoms with Crippen molar-refractivity contribution in [2.75, 3.05) is 56.3 Å². The molecule has 248 valence electrons. The van der Waals surface area contributed by atoms with Crippen molar-refractivity contribution >= 4 is 46.4 Å². The van der Waals surface area contributed by atoms with E-state index in [9.17, 15) is 9.59 Å². The minimum Gasteiger partial charge on any atom is -0.454 e. The van der Waals surface area contributed by atoms with Crippen LogP contribution in [0.25, 0.3) is 0 Å². The molecule has 4 heterocycles. The minimum atomic E-state index is -0.322. The summed E-state index contributed by atoms with van der Waals surface area (Å²) >= 11 is 12.0. The van der Waals surface area contributed by atoms with Gasteiger partial charge in [0, 0.05) is 63.1 Å². The van der Waals surface area contributed by atoms with E-state index < -0.39 is 0 Å². The Balaban J connectivity index is 0.882. The van der Waals surface area contributed by atoms with Crippen LogP contribution in [0.4, 0.5) is 11.4 Å². The summed E-state index contributed by atoms with van der Waals surface area (Å²) < 4.78 is 16.9. The Labute approximate surface area is 289 Å². The number of rotatable bonds is 8. The van der Waals surface area contributed by atoms with Gasteiger partial charge in [0.2, 0.25) is 18.6 Å². The number of hydrogen-bond acceptors (Lipinski definition) is 8. The van der Waals surface area contributed by atoms with Crippen molar-refractivity contribution < 1.29 is 23.8 Å². The monoisotopic (exact) mass is 687 g/mol. The molecule has 3 aliphatic heterocycles. The van der Waals surface area contributed by atoms with Crippen molar-refractivity contribution in [1.29, 1.82) is 0 Å². The molecular formula is C36H35Cl2N5O5. The number of pyridine rings is 1. The van der Waals surface area contributed by atoms with Crippen molar-refractivity contribution in [3.8, 4) is 23.1 Å². The van der Waals surface area contributed by atoms with Crippen LogP contribution in [0.3, 0.4) is 0 Å². The van der Waals surface area contributed by atoms with E-state index in [-0.39, 0.29) is 24.5 Å². The third kappa shape index (κ3) is 7.46. The van der Waals surface area contributed by atoms with Gasteiger partial charge in [0.25, 0.3) is 5.91 Å². The second-order valence-corrected chi connectivity index (χ2v) is 13.0. The Hall–Kier alpha value is -4.51. The number of fused-ring (bicyclic) bond motifs is 1. The number of nitrogens with one attached hydrogen (secondary N) is 1. The van der Waals surface area contributed by atoms with Gasteiger partial charge in [-0.1, -0.05) is 29.3 Å². The first kappa shape index (κ1) is 32.1. The second kappa shape index (κ2) is 14.3. The van der Waals surface area contributed by atoms with Crippen LogP contribution in [0.1, 0.15) is 28.8 Å². The lowest BCUT2D eigenvalue weighted by atomic mass is 9.95. The molecular weight excluding hydrogens is 653 g/mol. The summed E-state index contributed by atoms with van der Waals surface area (Å²) in [7, 11) is 0. The number of carbonyl (C=O) groups excluding carboxylic acids is 2. The average Bonchev–Trinajstić information content (AvgIpc) is 3.59. The number of nitrogens with zero attached hydrogens (tertiary/aromatic N) is 4. The zero-order valence-electron chi connectivity index (χ0n) is 26.2. The highest BCUT2D eigenvalue weighted by molar-refractivity contribution is 6.42. The molecule has 2 amide bonds. The predicted octanol–water partition coefficient (Wildman–Crippen LogP) is 6.72. The van der Waals surface area contributed by atoms with E-state index in [4.69, 9.17) is 37.4 Å². The van der Waals surface area contributed by atoms with E-state index in [0.29, 0.717) is 39.5 Å². The zero-order valence-corrected chi connectivity index (χ0v) is 27.8. The predicted molar refractivity (Wildman–Crippen MR) is 185 cm³/mol. The second-order valence-electron chi connectivity index (χ2n) is 12.1. The SMILES string of the molecule is O=C(Nc1ccc(Oc2ccc(N3CCCC(C(=O)N4CCN(Cc5ccc6c(c5)OCO6)CC4)C3)cc2)nc1)c1ccc(Cl)c(Cl)c1. The molecule has 1 N–H and O–H groups in total. The largest absolute Gasteiger partial charge is 0.454 e. The lowest BCUT2D eigenvalue weighted by Gasteiger charge is -2.39. The molecule has 0 bridgehead atoms. The fourth-order valence-electron chi connectivity index (χ4n) is 6.30. The number of ether oxygens (including phenoxy) is 3. The van der Waals surface area contributed by atoms with Gasteiger partial charge in [0.1, 0.15) is 5.75 Å². The van der Waals surface area contributed by atoms with Crippen LogP contribution in [-0.4, -0.2) is 72.7 Å². The van der Waals surface area contributed by atoms with Gasteiger partial charge in [-0.25, -0.2) is 4.98 Å². The molecule has 0 spiro atoms. The lowest BCUT2D eigenvalue weighted by molar-refractivity contribution is -0.137. The van der Waals surface area contributed by atoms with Crippen molar-refractivity contribution in [2.45, 2.75) is 19.4 Å². The molecule has 2 saturated heterocycles. The van der Waals surface area contributed by atoms with Crippen molar-refractivity contribution in [3.05, 3.63) is 100 Å². The summed E-state index contributed by atoms with van der Waals surface area (Å²) in [6.07, 6.45) is 3.41. The highest BCUT2D eigenvalue weighted by Crippen LogP contribution is 2.33. The lowest BCUT2D eigenvalue weighted by Crippen LogP contribution is -2.52. The van der Waals surface area contributed by atoms with Gasteiger partial charge >= 0.3 is 0 Å². The van der Waals surface area contributed by atoms with Crippen LogP contribution in [0, 0.1) is 5.92 Å². The third-order valence-electron chi connectivity index (χ3n) is 8.90. The van der Waals surface area contributed by atoms with Gasteiger partial charge in [0.05, 0.1) is 27.8 Å². The normalized spacial score (nSPS) is 17.7. The molecule has 48 heavy (non-hydrogen) atoms. The summed E-state index contributed by atoms with van der Waals surface area (Å²) in [6.45, 7) is 5.90. The number of hydrogen-bond donors (Lipinski definition) is 1. The van der Waals surface area contributed by atoms with E-state index in [1.165, 1.54) is 17.8 Å². The van der Waals surface area contributed by atoms with Crippen LogP contribution >= 0.6 is 23.2 Å². The zero-order chi connectivity index (χ0) is 33.0. The fraction of sp³-hybridized carbons (Fsp3) is 0.306. The number of halogens is 2. The van der Waals surface area contributed by atoms with E-state index >= 15 is 0 Å². The van der Waals surface area contributed by atoms with Gasteiger partial charge in [-0.05, 0) is 79.1 Å². The number of aromatic nitrogens is 1. The minimum absolute atomic E-state index is 0.0185. The van der Waals surface area contributed by atoms with Gasteiger partial charge < -0.3 is 29.3 Å². The summed E-state index contributed by atoms with van der Waals surface area (Å²) in [6, 6.07) is 22.1. The molecule has 0 aliphatic carbocycles. The van der Waals surface area contributed by atoms with Crippen molar-refractivity contribution in [3.63, 3.8) is 0 Å². The molecule has 10 nitrogen and oxygen atoms in total. The van der Waals surface area contributed by atoms with E-state index in [1.807, 2.05) is 41.3 Å². The summed E-state index contributed by atoms with van der Waals surface area (Å²) in [5.41, 5.74) is 3.16. The molecule has 2 fully saturated rings. The number of carbonyl (C=O) groups is 2. The molecule has 1 unspecified atom stereocenters. The molecule has 3 aliphatic rings. The van der Waals surface area contributed by atoms with Crippen LogP contribution in [-0.2, 0) is 11.3 Å². The van der Waals surface area contributed by atoms with Crippen LogP contribution in [0.15, 0.2) is 79.0 Å². The number of benzene rings is 3. The Morgan fingerprint density at radius 1 is 0.875 bits per heavy atom. The highest BCUT2D eigenvalue weighted by atomic mass is 35.5. The van der Waals surface area contributed by atoms with E-state index in [0.717, 1.165) is 69.3 Å². The maximum Gasteiger partial charge on any atom is 0.255 e. The van der Waals surface area contributed by atoms with Crippen LogP contribution in [0.2, 0.25) is 10.0 Å². The molecule has 0 radical (unpaired) electrons. The Kier molecular flexibility index (Phi) is 9.56. The van der Waals surface area contributed by atoms with Gasteiger partial charge in [-0.2, -0.15) is 0 Å². The van der Waals surface area contributed by atoms with Crippen LogP contribution < -0.4 is 24.4 Å². The molecule has 4 aromatic rings. The molecule has 0 saturated carbocycles. The summed E-state index contributed by atoms with van der Waals surface area (Å²) in [5, 5.41) is 3.48. The van der Waals surface area contributed by atoms with Crippen LogP contribution in [0.5, 0.6) is 23.1 Å². The van der Waals surface area contributed by atoms with Gasteiger partial charge in [-0.15, -0.1) is 0 Å². The smallest absolute Gasteiger partial charge is 0.255 e. The molecule has 12 heteroatoms. The first-order valence-electron chi connectivity index (χ1n) is 16.0. The average molecular weight is 689 g/mol. The molecule has 7 rings (SSSR count). The number of anilines is 2. The highest BCUT2D eigenvalue weighted by Gasteiger charge is 2.31. The Morgan fingerprint density at radius 3 is 2.46 bits per heavy atom. The number of piperidine rings is 1. The Bertz CT molecular complexity index is 1780. The fourth-order valence-corrected chi connectivity index (χ4v) is 6.59. The first-order chi connectivity index (χ1) is 23.4. The van der Waals surface area contributed by atoms with Crippen molar-refractivity contribution in [1.82, 2.24) is 14.8 Å².